The van der Waals surface area contributed by atoms with Gasteiger partial charge in [0.05, 0.1) is 0 Å². The first-order valence-corrected chi connectivity index (χ1v) is 6.51. The van der Waals surface area contributed by atoms with Crippen LogP contribution in [0.4, 0.5) is 0 Å². The molecule has 0 fully saturated rings. The summed E-state index contributed by atoms with van der Waals surface area (Å²) in [6.45, 7) is -0.407. The van der Waals surface area contributed by atoms with Crippen molar-refractivity contribution in [1.29, 1.82) is 0 Å². The van der Waals surface area contributed by atoms with Crippen LogP contribution in [-0.2, 0) is 4.74 Å². The van der Waals surface area contributed by atoms with E-state index in [2.05, 4.69) is 15.9 Å². The Morgan fingerprint density at radius 1 is 1.15 bits per heavy atom. The van der Waals surface area contributed by atoms with Crippen LogP contribution in [0, 0.1) is 5.21 Å². The molecule has 0 unspecified atom stereocenters. The highest BCUT2D eigenvalue weighted by atomic mass is 79.9. The summed E-state index contributed by atoms with van der Waals surface area (Å²) < 4.78 is 6.08. The van der Waals surface area contributed by atoms with E-state index in [1.165, 1.54) is 18.3 Å². The van der Waals surface area contributed by atoms with Gasteiger partial charge in [-0.05, 0) is 18.2 Å². The average molecular weight is 336 g/mol. The standard InChI is InChI=1S/C14H10BrNO4/c15-11-6-4-10(5-7-11)13(17)9-20-14(18)12-3-1-2-8-16(12)19/h1-8H,9H2. The highest BCUT2D eigenvalue weighted by molar-refractivity contribution is 9.10. The normalized spacial score (nSPS) is 10.1. The number of pyridine rings is 1. The molecule has 0 atom stereocenters. The van der Waals surface area contributed by atoms with E-state index in [0.717, 1.165) is 4.47 Å². The number of ether oxygens (including phenoxy) is 1. The summed E-state index contributed by atoms with van der Waals surface area (Å²) in [5.41, 5.74) is 0.278. The number of nitrogens with zero attached hydrogens (tertiary/aromatic N) is 1. The molecular formula is C14H10BrNO4. The summed E-state index contributed by atoms with van der Waals surface area (Å²) in [5, 5.41) is 11.3. The second-order valence-corrected chi connectivity index (χ2v) is 4.83. The maximum atomic E-state index is 11.8. The Morgan fingerprint density at radius 3 is 2.50 bits per heavy atom. The van der Waals surface area contributed by atoms with Gasteiger partial charge < -0.3 is 9.94 Å². The molecule has 102 valence electrons. The third kappa shape index (κ3) is 3.42. The van der Waals surface area contributed by atoms with Gasteiger partial charge in [0.15, 0.2) is 18.6 Å². The minimum atomic E-state index is -0.828. The minimum Gasteiger partial charge on any atom is -0.618 e. The van der Waals surface area contributed by atoms with Crippen LogP contribution in [0.3, 0.4) is 0 Å². The predicted octanol–water partition coefficient (Wildman–Crippen LogP) is 2.12. The number of aromatic nitrogens is 1. The molecule has 2 rings (SSSR count). The highest BCUT2D eigenvalue weighted by Gasteiger charge is 2.18. The molecule has 0 saturated heterocycles. The summed E-state index contributed by atoms with van der Waals surface area (Å²) >= 11 is 3.26. The second-order valence-electron chi connectivity index (χ2n) is 3.92. The van der Waals surface area contributed by atoms with Gasteiger partial charge in [-0.25, -0.2) is 4.79 Å². The molecule has 0 saturated carbocycles. The molecule has 0 amide bonds. The van der Waals surface area contributed by atoms with Crippen molar-refractivity contribution in [3.05, 3.63) is 69.6 Å². The highest BCUT2D eigenvalue weighted by Crippen LogP contribution is 2.11. The van der Waals surface area contributed by atoms with Crippen molar-refractivity contribution >= 4 is 27.7 Å². The van der Waals surface area contributed by atoms with Gasteiger partial charge in [0, 0.05) is 22.2 Å². The second kappa shape index (κ2) is 6.29. The molecular weight excluding hydrogens is 326 g/mol. The molecule has 5 nitrogen and oxygen atoms in total. The van der Waals surface area contributed by atoms with E-state index in [1.807, 2.05) is 0 Å². The number of benzene rings is 1. The van der Waals surface area contributed by atoms with E-state index < -0.39 is 12.6 Å². The Morgan fingerprint density at radius 2 is 1.85 bits per heavy atom. The third-order valence-corrected chi connectivity index (χ3v) is 3.06. The van der Waals surface area contributed by atoms with Crippen molar-refractivity contribution in [3.8, 4) is 0 Å². The van der Waals surface area contributed by atoms with Gasteiger partial charge in [-0.2, -0.15) is 4.73 Å². The predicted molar refractivity (Wildman–Crippen MR) is 74.2 cm³/mol. The monoisotopic (exact) mass is 335 g/mol. The molecule has 0 aliphatic rings. The fourth-order valence-electron chi connectivity index (χ4n) is 1.51. The average Bonchev–Trinajstić information content (AvgIpc) is 2.45. The SMILES string of the molecule is O=C(COC(=O)c1cccc[n+]1[O-])c1ccc(Br)cc1. The van der Waals surface area contributed by atoms with Crippen molar-refractivity contribution in [2.24, 2.45) is 0 Å². The molecule has 0 N–H and O–H groups in total. The van der Waals surface area contributed by atoms with Crippen LogP contribution >= 0.6 is 15.9 Å². The van der Waals surface area contributed by atoms with E-state index in [1.54, 1.807) is 30.3 Å². The van der Waals surface area contributed by atoms with E-state index in [9.17, 15) is 14.8 Å². The quantitative estimate of drug-likeness (QED) is 0.371. The molecule has 0 spiro atoms. The van der Waals surface area contributed by atoms with Crippen molar-refractivity contribution in [2.75, 3.05) is 6.61 Å². The molecule has 1 heterocycles. The Kier molecular flexibility index (Phi) is 4.47. The smallest absolute Gasteiger partial charge is 0.405 e. The minimum absolute atomic E-state index is 0.156. The zero-order valence-corrected chi connectivity index (χ0v) is 11.9. The number of rotatable bonds is 4. The van der Waals surface area contributed by atoms with Crippen LogP contribution in [0.15, 0.2) is 53.1 Å². The fourth-order valence-corrected chi connectivity index (χ4v) is 1.77. The van der Waals surface area contributed by atoms with Crippen LogP contribution in [0.25, 0.3) is 0 Å². The summed E-state index contributed by atoms with van der Waals surface area (Å²) in [4.78, 5) is 23.5. The molecule has 2 aromatic rings. The first kappa shape index (κ1) is 14.2. The van der Waals surface area contributed by atoms with E-state index in [0.29, 0.717) is 10.3 Å². The van der Waals surface area contributed by atoms with Gasteiger partial charge in [-0.1, -0.05) is 28.1 Å². The van der Waals surface area contributed by atoms with E-state index in [4.69, 9.17) is 4.74 Å². The third-order valence-electron chi connectivity index (χ3n) is 2.53. The lowest BCUT2D eigenvalue weighted by atomic mass is 10.1. The number of carbonyl (C=O) groups is 2. The fraction of sp³-hybridized carbons (Fsp3) is 0.0714. The lowest BCUT2D eigenvalue weighted by molar-refractivity contribution is -0.608. The zero-order chi connectivity index (χ0) is 14.5. The number of hydrogen-bond donors (Lipinski definition) is 0. The van der Waals surface area contributed by atoms with Gasteiger partial charge in [0.1, 0.15) is 0 Å². The lowest BCUT2D eigenvalue weighted by Gasteiger charge is -2.05. The van der Waals surface area contributed by atoms with E-state index in [-0.39, 0.29) is 11.5 Å². The molecule has 0 aliphatic carbocycles. The number of Topliss-reactive ketones (excluding diaryl/α,β-unsaturated/α-hetero) is 1. The van der Waals surface area contributed by atoms with Gasteiger partial charge in [-0.3, -0.25) is 4.79 Å². The molecule has 1 aromatic heterocycles. The number of esters is 1. The summed E-state index contributed by atoms with van der Waals surface area (Å²) in [5.74, 6) is -1.16. The van der Waals surface area contributed by atoms with Crippen LogP contribution in [0.5, 0.6) is 0 Å². The van der Waals surface area contributed by atoms with Crippen molar-refractivity contribution in [2.45, 2.75) is 0 Å². The summed E-state index contributed by atoms with van der Waals surface area (Å²) in [7, 11) is 0. The Hall–Kier alpha value is -2.21. The van der Waals surface area contributed by atoms with Crippen LogP contribution < -0.4 is 4.73 Å². The van der Waals surface area contributed by atoms with Crippen LogP contribution in [0.1, 0.15) is 20.8 Å². The molecule has 6 heteroatoms. The Labute approximate surface area is 123 Å². The number of hydrogen-bond acceptors (Lipinski definition) is 4. The van der Waals surface area contributed by atoms with Crippen LogP contribution in [0.2, 0.25) is 0 Å². The molecule has 1 aromatic carbocycles. The molecule has 0 radical (unpaired) electrons. The molecule has 0 aliphatic heterocycles. The van der Waals surface area contributed by atoms with Gasteiger partial charge >= 0.3 is 11.7 Å². The van der Waals surface area contributed by atoms with Crippen molar-refractivity contribution in [3.63, 3.8) is 0 Å². The molecule has 0 bridgehead atoms. The van der Waals surface area contributed by atoms with Gasteiger partial charge in [0.25, 0.3) is 0 Å². The van der Waals surface area contributed by atoms with E-state index >= 15 is 0 Å². The van der Waals surface area contributed by atoms with Crippen molar-refractivity contribution in [1.82, 2.24) is 0 Å². The largest absolute Gasteiger partial charge is 0.618 e. The Balaban J connectivity index is 1.99. The number of halogens is 1. The first-order valence-electron chi connectivity index (χ1n) is 5.72. The van der Waals surface area contributed by atoms with Crippen LogP contribution in [-0.4, -0.2) is 18.4 Å². The first-order chi connectivity index (χ1) is 9.58. The van der Waals surface area contributed by atoms with Gasteiger partial charge in [-0.15, -0.1) is 0 Å². The lowest BCUT2D eigenvalue weighted by Crippen LogP contribution is -2.35. The number of ketones is 1. The van der Waals surface area contributed by atoms with Crippen molar-refractivity contribution < 1.29 is 19.1 Å². The Bertz CT molecular complexity index is 640. The van der Waals surface area contributed by atoms with Gasteiger partial charge in [0.2, 0.25) is 0 Å². The summed E-state index contributed by atoms with van der Waals surface area (Å²) in [6.07, 6.45) is 1.19. The number of carbonyl (C=O) groups excluding carboxylic acids is 2. The topological polar surface area (TPSA) is 70.3 Å². The maximum absolute atomic E-state index is 11.8. The molecule has 20 heavy (non-hydrogen) atoms. The zero-order valence-electron chi connectivity index (χ0n) is 10.3. The maximum Gasteiger partial charge on any atom is 0.405 e. The summed E-state index contributed by atoms with van der Waals surface area (Å²) in [6, 6.07) is 11.1.